The third kappa shape index (κ3) is 1.19. The maximum absolute atomic E-state index is 6.25. The van der Waals surface area contributed by atoms with Crippen molar-refractivity contribution in [3.63, 3.8) is 0 Å². The average molecular weight is 169 g/mol. The molecule has 0 spiro atoms. The molecule has 1 fully saturated rings. The van der Waals surface area contributed by atoms with Crippen LogP contribution in [0.5, 0.6) is 0 Å². The number of hydrogen-bond acceptors (Lipinski definition) is 1. The van der Waals surface area contributed by atoms with Crippen molar-refractivity contribution in [1.82, 2.24) is 0 Å². The molecule has 12 heavy (non-hydrogen) atoms. The first-order valence-corrected chi connectivity index (χ1v) is 5.16. The molecule has 1 rings (SSSR count). The van der Waals surface area contributed by atoms with Gasteiger partial charge in [-0.05, 0) is 29.6 Å². The molecule has 1 heteroatoms. The highest BCUT2D eigenvalue weighted by atomic mass is 14.8. The number of rotatable bonds is 1. The molecule has 1 aliphatic rings. The Bertz CT molecular complexity index is 164. The van der Waals surface area contributed by atoms with Gasteiger partial charge < -0.3 is 5.73 Å². The molecular formula is C11H23N. The quantitative estimate of drug-likeness (QED) is 0.641. The van der Waals surface area contributed by atoms with Gasteiger partial charge in [0.25, 0.3) is 0 Å². The zero-order chi connectivity index (χ0) is 9.52. The molecule has 0 aromatic heterocycles. The lowest BCUT2D eigenvalue weighted by atomic mass is 9.69. The normalized spacial score (nSPS) is 48.8. The highest BCUT2D eigenvalue weighted by molar-refractivity contribution is 5.00. The van der Waals surface area contributed by atoms with E-state index in [1.807, 2.05) is 0 Å². The predicted octanol–water partition coefficient (Wildman–Crippen LogP) is 2.65. The molecule has 1 saturated carbocycles. The summed E-state index contributed by atoms with van der Waals surface area (Å²) >= 11 is 0. The first kappa shape index (κ1) is 10.0. The van der Waals surface area contributed by atoms with Gasteiger partial charge in [0, 0.05) is 6.04 Å². The Hall–Kier alpha value is -0.0400. The molecule has 0 aromatic rings. The third-order valence-electron chi connectivity index (χ3n) is 4.36. The first-order valence-electron chi connectivity index (χ1n) is 5.16. The number of hydrogen-bond donors (Lipinski definition) is 1. The van der Waals surface area contributed by atoms with E-state index in [0.717, 1.165) is 5.92 Å². The molecule has 0 heterocycles. The van der Waals surface area contributed by atoms with Crippen LogP contribution in [0.15, 0.2) is 0 Å². The second kappa shape index (κ2) is 3.02. The van der Waals surface area contributed by atoms with E-state index < -0.39 is 0 Å². The zero-order valence-corrected chi connectivity index (χ0v) is 9.09. The van der Waals surface area contributed by atoms with Crippen molar-refractivity contribution in [2.75, 3.05) is 0 Å². The van der Waals surface area contributed by atoms with Gasteiger partial charge in [0.05, 0.1) is 0 Å². The van der Waals surface area contributed by atoms with Crippen molar-refractivity contribution < 1.29 is 0 Å². The smallest absolute Gasteiger partial charge is 0.0124 e. The fourth-order valence-electron chi connectivity index (χ4n) is 2.85. The van der Waals surface area contributed by atoms with Crippen LogP contribution >= 0.6 is 0 Å². The Kier molecular flexibility index (Phi) is 2.53. The van der Waals surface area contributed by atoms with Crippen LogP contribution in [0.25, 0.3) is 0 Å². The van der Waals surface area contributed by atoms with Crippen LogP contribution in [-0.2, 0) is 0 Å². The maximum Gasteiger partial charge on any atom is 0.0124 e. The molecule has 72 valence electrons. The van der Waals surface area contributed by atoms with Crippen LogP contribution < -0.4 is 5.73 Å². The van der Waals surface area contributed by atoms with Crippen molar-refractivity contribution in [1.29, 1.82) is 0 Å². The summed E-state index contributed by atoms with van der Waals surface area (Å²) in [5.41, 5.74) is 6.61. The summed E-state index contributed by atoms with van der Waals surface area (Å²) in [6.45, 7) is 11.6. The Morgan fingerprint density at radius 2 is 1.83 bits per heavy atom. The van der Waals surface area contributed by atoms with E-state index >= 15 is 0 Å². The number of nitrogens with two attached hydrogens (primary N) is 1. The lowest BCUT2D eigenvalue weighted by Gasteiger charge is -2.38. The largest absolute Gasteiger partial charge is 0.327 e. The van der Waals surface area contributed by atoms with Crippen molar-refractivity contribution in [2.24, 2.45) is 28.9 Å². The fourth-order valence-corrected chi connectivity index (χ4v) is 2.85. The van der Waals surface area contributed by atoms with E-state index in [0.29, 0.717) is 23.3 Å². The third-order valence-corrected chi connectivity index (χ3v) is 4.36. The van der Waals surface area contributed by atoms with Crippen LogP contribution in [0, 0.1) is 23.2 Å². The summed E-state index contributed by atoms with van der Waals surface area (Å²) in [6.07, 6.45) is 1.30. The van der Waals surface area contributed by atoms with Crippen molar-refractivity contribution in [3.8, 4) is 0 Å². The molecule has 4 atom stereocenters. The summed E-state index contributed by atoms with van der Waals surface area (Å²) in [4.78, 5) is 0. The van der Waals surface area contributed by atoms with E-state index in [-0.39, 0.29) is 0 Å². The van der Waals surface area contributed by atoms with Gasteiger partial charge in [0.1, 0.15) is 0 Å². The van der Waals surface area contributed by atoms with E-state index in [1.54, 1.807) is 0 Å². The summed E-state index contributed by atoms with van der Waals surface area (Å²) in [7, 11) is 0. The Morgan fingerprint density at radius 1 is 1.33 bits per heavy atom. The molecule has 0 radical (unpaired) electrons. The minimum absolute atomic E-state index is 0.361. The topological polar surface area (TPSA) is 26.0 Å². The molecule has 0 saturated heterocycles. The SMILES string of the molecule is CC(C)[C@]1(C)[C@H](C)C[C@H](C)[C@@H]1N. The molecular weight excluding hydrogens is 146 g/mol. The summed E-state index contributed by atoms with van der Waals surface area (Å²) < 4.78 is 0. The summed E-state index contributed by atoms with van der Waals surface area (Å²) in [5, 5.41) is 0. The molecule has 0 amide bonds. The van der Waals surface area contributed by atoms with Crippen molar-refractivity contribution in [2.45, 2.75) is 47.1 Å². The van der Waals surface area contributed by atoms with E-state index in [1.165, 1.54) is 6.42 Å². The Morgan fingerprint density at radius 3 is 2.00 bits per heavy atom. The molecule has 1 nitrogen and oxygen atoms in total. The average Bonchev–Trinajstić information content (AvgIpc) is 2.16. The van der Waals surface area contributed by atoms with Gasteiger partial charge in [-0.3, -0.25) is 0 Å². The van der Waals surface area contributed by atoms with Gasteiger partial charge in [-0.2, -0.15) is 0 Å². The zero-order valence-electron chi connectivity index (χ0n) is 9.09. The van der Waals surface area contributed by atoms with E-state index in [4.69, 9.17) is 5.73 Å². The van der Waals surface area contributed by atoms with Crippen LogP contribution in [0.1, 0.15) is 41.0 Å². The van der Waals surface area contributed by atoms with E-state index in [9.17, 15) is 0 Å². The van der Waals surface area contributed by atoms with Crippen molar-refractivity contribution in [3.05, 3.63) is 0 Å². The molecule has 0 unspecified atom stereocenters. The van der Waals surface area contributed by atoms with Crippen molar-refractivity contribution >= 4 is 0 Å². The predicted molar refractivity (Wildman–Crippen MR) is 53.9 cm³/mol. The fraction of sp³-hybridized carbons (Fsp3) is 1.00. The highest BCUT2D eigenvalue weighted by Gasteiger charge is 2.47. The second-order valence-electron chi connectivity index (χ2n) is 5.16. The van der Waals surface area contributed by atoms with Crippen LogP contribution in [-0.4, -0.2) is 6.04 Å². The standard InChI is InChI=1S/C11H23N/c1-7(2)11(5)9(4)6-8(3)10(11)12/h7-10H,6,12H2,1-5H3/t8-,9+,10-,11+/m0/s1. The monoisotopic (exact) mass is 169 g/mol. The van der Waals surface area contributed by atoms with E-state index in [2.05, 4.69) is 34.6 Å². The Balaban J connectivity index is 2.88. The maximum atomic E-state index is 6.25. The van der Waals surface area contributed by atoms with Crippen LogP contribution in [0.3, 0.4) is 0 Å². The molecule has 0 aliphatic heterocycles. The summed E-state index contributed by atoms with van der Waals surface area (Å²) in [6, 6.07) is 0.396. The van der Waals surface area contributed by atoms with Crippen LogP contribution in [0.2, 0.25) is 0 Å². The molecule has 1 aliphatic carbocycles. The minimum Gasteiger partial charge on any atom is -0.327 e. The van der Waals surface area contributed by atoms with Gasteiger partial charge in [-0.15, -0.1) is 0 Å². The molecule has 0 bridgehead atoms. The van der Waals surface area contributed by atoms with Gasteiger partial charge in [-0.25, -0.2) is 0 Å². The van der Waals surface area contributed by atoms with Gasteiger partial charge >= 0.3 is 0 Å². The lowest BCUT2D eigenvalue weighted by molar-refractivity contribution is 0.133. The lowest BCUT2D eigenvalue weighted by Crippen LogP contribution is -2.44. The minimum atomic E-state index is 0.361. The van der Waals surface area contributed by atoms with Gasteiger partial charge in [0.15, 0.2) is 0 Å². The van der Waals surface area contributed by atoms with Gasteiger partial charge in [0.2, 0.25) is 0 Å². The first-order chi connectivity index (χ1) is 5.40. The second-order valence-corrected chi connectivity index (χ2v) is 5.16. The van der Waals surface area contributed by atoms with Gasteiger partial charge in [-0.1, -0.05) is 34.6 Å². The molecule has 0 aromatic carbocycles. The van der Waals surface area contributed by atoms with Crippen LogP contribution in [0.4, 0.5) is 0 Å². The Labute approximate surface area is 76.7 Å². The molecule has 2 N–H and O–H groups in total. The summed E-state index contributed by atoms with van der Waals surface area (Å²) in [5.74, 6) is 2.18. The highest BCUT2D eigenvalue weighted by Crippen LogP contribution is 2.49.